The zero-order valence-corrected chi connectivity index (χ0v) is 12.1. The van der Waals surface area contributed by atoms with Crippen molar-refractivity contribution < 1.29 is 9.52 Å². The van der Waals surface area contributed by atoms with Crippen LogP contribution in [0, 0.1) is 11.3 Å². The number of benzene rings is 1. The second-order valence-corrected chi connectivity index (χ2v) is 6.65. The SMILES string of the molecule is CC1(C)CCCC1C(O)c1cc2cccc(Cl)c2o1. The van der Waals surface area contributed by atoms with Crippen LogP contribution in [0.5, 0.6) is 0 Å². The van der Waals surface area contributed by atoms with Crippen LogP contribution in [0.15, 0.2) is 28.7 Å². The number of hydrogen-bond donors (Lipinski definition) is 1. The summed E-state index contributed by atoms with van der Waals surface area (Å²) in [5.74, 6) is 0.898. The Kier molecular flexibility index (Phi) is 3.11. The molecule has 19 heavy (non-hydrogen) atoms. The van der Waals surface area contributed by atoms with Gasteiger partial charge in [0.25, 0.3) is 0 Å². The Balaban J connectivity index is 1.98. The highest BCUT2D eigenvalue weighted by Gasteiger charge is 2.40. The van der Waals surface area contributed by atoms with Gasteiger partial charge in [-0.25, -0.2) is 0 Å². The van der Waals surface area contributed by atoms with Crippen LogP contribution < -0.4 is 0 Å². The zero-order chi connectivity index (χ0) is 13.6. The Labute approximate surface area is 118 Å². The molecule has 1 aromatic carbocycles. The fourth-order valence-corrected chi connectivity index (χ4v) is 3.55. The van der Waals surface area contributed by atoms with Gasteiger partial charge in [0.15, 0.2) is 5.58 Å². The molecule has 1 N–H and O–H groups in total. The van der Waals surface area contributed by atoms with Gasteiger partial charge < -0.3 is 9.52 Å². The number of hydrogen-bond acceptors (Lipinski definition) is 2. The Morgan fingerprint density at radius 3 is 2.84 bits per heavy atom. The van der Waals surface area contributed by atoms with Crippen molar-refractivity contribution in [1.29, 1.82) is 0 Å². The van der Waals surface area contributed by atoms with Crippen molar-refractivity contribution in [2.45, 2.75) is 39.2 Å². The number of aliphatic hydroxyl groups excluding tert-OH is 1. The first-order chi connectivity index (χ1) is 8.99. The quantitative estimate of drug-likeness (QED) is 0.843. The van der Waals surface area contributed by atoms with E-state index in [0.717, 1.165) is 18.2 Å². The molecule has 2 unspecified atom stereocenters. The lowest BCUT2D eigenvalue weighted by molar-refractivity contribution is 0.0379. The smallest absolute Gasteiger partial charge is 0.152 e. The normalized spacial score (nSPS) is 23.9. The summed E-state index contributed by atoms with van der Waals surface area (Å²) in [6, 6.07) is 7.58. The van der Waals surface area contributed by atoms with E-state index in [4.69, 9.17) is 16.0 Å². The average molecular weight is 279 g/mol. The van der Waals surface area contributed by atoms with E-state index in [1.54, 1.807) is 0 Å². The molecule has 3 rings (SSSR count). The van der Waals surface area contributed by atoms with Crippen molar-refractivity contribution in [2.24, 2.45) is 11.3 Å². The summed E-state index contributed by atoms with van der Waals surface area (Å²) in [6.07, 6.45) is 2.85. The first-order valence-electron chi connectivity index (χ1n) is 6.85. The van der Waals surface area contributed by atoms with E-state index in [-0.39, 0.29) is 11.3 Å². The molecule has 1 fully saturated rings. The van der Waals surface area contributed by atoms with Crippen LogP contribution in [0.25, 0.3) is 11.0 Å². The van der Waals surface area contributed by atoms with Gasteiger partial charge in [0, 0.05) is 5.39 Å². The zero-order valence-electron chi connectivity index (χ0n) is 11.3. The van der Waals surface area contributed by atoms with Crippen LogP contribution in [0.1, 0.15) is 45.0 Å². The lowest BCUT2D eigenvalue weighted by atomic mass is 9.78. The van der Waals surface area contributed by atoms with Gasteiger partial charge in [0.1, 0.15) is 11.9 Å². The topological polar surface area (TPSA) is 33.4 Å². The van der Waals surface area contributed by atoms with Crippen molar-refractivity contribution in [3.63, 3.8) is 0 Å². The first-order valence-corrected chi connectivity index (χ1v) is 7.23. The summed E-state index contributed by atoms with van der Waals surface area (Å²) >= 11 is 6.12. The van der Waals surface area contributed by atoms with Crippen LogP contribution >= 0.6 is 11.6 Å². The van der Waals surface area contributed by atoms with Crippen molar-refractivity contribution >= 4 is 22.6 Å². The van der Waals surface area contributed by atoms with Gasteiger partial charge in [-0.15, -0.1) is 0 Å². The van der Waals surface area contributed by atoms with E-state index < -0.39 is 6.10 Å². The van der Waals surface area contributed by atoms with Gasteiger partial charge in [0.05, 0.1) is 5.02 Å². The van der Waals surface area contributed by atoms with E-state index in [9.17, 15) is 5.11 Å². The summed E-state index contributed by atoms with van der Waals surface area (Å²) in [5.41, 5.74) is 0.844. The fraction of sp³-hybridized carbons (Fsp3) is 0.500. The molecule has 0 saturated heterocycles. The van der Waals surface area contributed by atoms with E-state index >= 15 is 0 Å². The van der Waals surface area contributed by atoms with Crippen LogP contribution in [0.4, 0.5) is 0 Å². The Morgan fingerprint density at radius 1 is 1.42 bits per heavy atom. The molecular formula is C16H19ClO2. The van der Waals surface area contributed by atoms with E-state index in [1.165, 1.54) is 6.42 Å². The molecule has 1 aromatic heterocycles. The van der Waals surface area contributed by atoms with E-state index in [1.807, 2.05) is 24.3 Å². The molecule has 0 bridgehead atoms. The molecule has 0 spiro atoms. The van der Waals surface area contributed by atoms with E-state index in [0.29, 0.717) is 16.4 Å². The van der Waals surface area contributed by atoms with Gasteiger partial charge in [-0.1, -0.05) is 44.0 Å². The number of para-hydroxylation sites is 1. The van der Waals surface area contributed by atoms with Crippen LogP contribution in [0.2, 0.25) is 5.02 Å². The second-order valence-electron chi connectivity index (χ2n) is 6.24. The molecule has 102 valence electrons. The summed E-state index contributed by atoms with van der Waals surface area (Å²) in [7, 11) is 0. The number of furan rings is 1. The molecule has 2 aromatic rings. The lowest BCUT2D eigenvalue weighted by Crippen LogP contribution is -2.23. The number of halogens is 1. The molecule has 1 aliphatic carbocycles. The Morgan fingerprint density at radius 2 is 2.21 bits per heavy atom. The van der Waals surface area contributed by atoms with Crippen molar-refractivity contribution in [3.05, 3.63) is 35.0 Å². The predicted octanol–water partition coefficient (Wildman–Crippen LogP) is 4.95. The second kappa shape index (κ2) is 4.53. The highest BCUT2D eigenvalue weighted by atomic mass is 35.5. The maximum Gasteiger partial charge on any atom is 0.152 e. The summed E-state index contributed by atoms with van der Waals surface area (Å²) in [5, 5.41) is 12.2. The third-order valence-electron chi connectivity index (χ3n) is 4.53. The fourth-order valence-electron chi connectivity index (χ4n) is 3.33. The molecule has 3 heteroatoms. The Hall–Kier alpha value is -0.990. The average Bonchev–Trinajstić information content (AvgIpc) is 2.92. The van der Waals surface area contributed by atoms with Gasteiger partial charge in [-0.05, 0) is 36.3 Å². The predicted molar refractivity (Wildman–Crippen MR) is 77.3 cm³/mol. The van der Waals surface area contributed by atoms with Crippen molar-refractivity contribution in [2.75, 3.05) is 0 Å². The number of rotatable bonds is 2. The van der Waals surface area contributed by atoms with Crippen molar-refractivity contribution in [3.8, 4) is 0 Å². The molecule has 1 aliphatic rings. The first kappa shape index (κ1) is 13.0. The van der Waals surface area contributed by atoms with Crippen LogP contribution in [0.3, 0.4) is 0 Å². The molecule has 1 saturated carbocycles. The molecule has 0 radical (unpaired) electrons. The summed E-state index contributed by atoms with van der Waals surface area (Å²) in [4.78, 5) is 0. The third-order valence-corrected chi connectivity index (χ3v) is 4.83. The monoisotopic (exact) mass is 278 g/mol. The molecule has 2 atom stereocenters. The van der Waals surface area contributed by atoms with Gasteiger partial charge >= 0.3 is 0 Å². The minimum absolute atomic E-state index is 0.169. The van der Waals surface area contributed by atoms with Gasteiger partial charge in [-0.2, -0.15) is 0 Å². The largest absolute Gasteiger partial charge is 0.457 e. The standard InChI is InChI=1S/C16H19ClO2/c1-16(2)8-4-6-11(16)14(18)13-9-10-5-3-7-12(17)15(10)19-13/h3,5,7,9,11,14,18H,4,6,8H2,1-2H3. The highest BCUT2D eigenvalue weighted by molar-refractivity contribution is 6.34. The molecule has 2 nitrogen and oxygen atoms in total. The highest BCUT2D eigenvalue weighted by Crippen LogP contribution is 2.49. The molecular weight excluding hydrogens is 260 g/mol. The molecule has 1 heterocycles. The lowest BCUT2D eigenvalue weighted by Gasteiger charge is -2.30. The van der Waals surface area contributed by atoms with E-state index in [2.05, 4.69) is 13.8 Å². The van der Waals surface area contributed by atoms with Crippen LogP contribution in [-0.4, -0.2) is 5.11 Å². The summed E-state index contributed by atoms with van der Waals surface area (Å²) in [6.45, 7) is 4.45. The number of fused-ring (bicyclic) bond motifs is 1. The molecule has 0 aliphatic heterocycles. The van der Waals surface area contributed by atoms with Crippen molar-refractivity contribution in [1.82, 2.24) is 0 Å². The minimum atomic E-state index is -0.541. The molecule has 0 amide bonds. The maximum absolute atomic E-state index is 10.6. The third kappa shape index (κ3) is 2.17. The summed E-state index contributed by atoms with van der Waals surface area (Å²) < 4.78 is 5.78. The Bertz CT molecular complexity index is 600. The van der Waals surface area contributed by atoms with Gasteiger partial charge in [-0.3, -0.25) is 0 Å². The maximum atomic E-state index is 10.6. The minimum Gasteiger partial charge on any atom is -0.457 e. The number of aliphatic hydroxyl groups is 1. The van der Waals surface area contributed by atoms with Gasteiger partial charge in [0.2, 0.25) is 0 Å². The van der Waals surface area contributed by atoms with Crippen LogP contribution in [-0.2, 0) is 0 Å².